The number of carbonyl (C=O) groups excluding carboxylic acids is 2. The summed E-state index contributed by atoms with van der Waals surface area (Å²) >= 11 is 0. The van der Waals surface area contributed by atoms with Crippen molar-refractivity contribution in [2.75, 3.05) is 12.8 Å². The Morgan fingerprint density at radius 2 is 2.16 bits per heavy atom. The van der Waals surface area contributed by atoms with Crippen molar-refractivity contribution in [3.8, 4) is 0 Å². The van der Waals surface area contributed by atoms with Crippen molar-refractivity contribution in [2.45, 2.75) is 32.2 Å². The molecule has 0 aliphatic heterocycles. The van der Waals surface area contributed by atoms with Gasteiger partial charge in [-0.3, -0.25) is 4.79 Å². The summed E-state index contributed by atoms with van der Waals surface area (Å²) in [4.78, 5) is 23.6. The van der Waals surface area contributed by atoms with Crippen molar-refractivity contribution in [2.24, 2.45) is 0 Å². The van der Waals surface area contributed by atoms with Gasteiger partial charge in [-0.25, -0.2) is 4.79 Å². The lowest BCUT2D eigenvalue weighted by atomic mass is 10.1. The number of nitrogens with one attached hydrogen (secondary N) is 1. The van der Waals surface area contributed by atoms with Crippen LogP contribution in [-0.2, 0) is 9.53 Å². The lowest BCUT2D eigenvalue weighted by Gasteiger charge is -2.16. The van der Waals surface area contributed by atoms with E-state index in [4.69, 9.17) is 10.5 Å². The summed E-state index contributed by atoms with van der Waals surface area (Å²) in [7, 11) is 1.31. The Balaban J connectivity index is 2.72. The van der Waals surface area contributed by atoms with E-state index in [1.165, 1.54) is 7.11 Å². The van der Waals surface area contributed by atoms with Crippen molar-refractivity contribution >= 4 is 17.6 Å². The first-order chi connectivity index (χ1) is 9.08. The van der Waals surface area contributed by atoms with Gasteiger partial charge < -0.3 is 15.8 Å². The van der Waals surface area contributed by atoms with Crippen LogP contribution in [0.4, 0.5) is 5.69 Å². The van der Waals surface area contributed by atoms with Crippen LogP contribution in [-0.4, -0.2) is 25.0 Å². The summed E-state index contributed by atoms with van der Waals surface area (Å²) in [5.41, 5.74) is 6.57. The summed E-state index contributed by atoms with van der Waals surface area (Å²) < 4.78 is 4.69. The van der Waals surface area contributed by atoms with Crippen LogP contribution in [0.1, 0.15) is 36.5 Å². The van der Waals surface area contributed by atoms with E-state index >= 15 is 0 Å². The second kappa shape index (κ2) is 7.41. The molecular weight excluding hydrogens is 244 g/mol. The normalized spacial score (nSPS) is 11.7. The zero-order valence-electron chi connectivity index (χ0n) is 11.3. The molecule has 0 fully saturated rings. The maximum Gasteiger partial charge on any atom is 0.328 e. The fourth-order valence-electron chi connectivity index (χ4n) is 1.72. The van der Waals surface area contributed by atoms with Crippen LogP contribution in [0.15, 0.2) is 24.3 Å². The van der Waals surface area contributed by atoms with Gasteiger partial charge in [0.1, 0.15) is 6.04 Å². The summed E-state index contributed by atoms with van der Waals surface area (Å²) in [6.07, 6.45) is 2.36. The molecule has 1 aromatic rings. The Morgan fingerprint density at radius 1 is 1.42 bits per heavy atom. The first kappa shape index (κ1) is 15.0. The van der Waals surface area contributed by atoms with Gasteiger partial charge in [0, 0.05) is 11.3 Å². The van der Waals surface area contributed by atoms with Crippen LogP contribution in [0.2, 0.25) is 0 Å². The number of ether oxygens (including phenoxy) is 1. The Morgan fingerprint density at radius 3 is 2.74 bits per heavy atom. The Labute approximate surface area is 113 Å². The molecule has 0 heterocycles. The van der Waals surface area contributed by atoms with Crippen LogP contribution in [0, 0.1) is 0 Å². The molecule has 0 unspecified atom stereocenters. The molecule has 0 saturated carbocycles. The fraction of sp³-hybridized carbons (Fsp3) is 0.429. The largest absolute Gasteiger partial charge is 0.467 e. The first-order valence-corrected chi connectivity index (χ1v) is 6.32. The number of benzene rings is 1. The number of carbonyl (C=O) groups is 2. The molecule has 1 aromatic carbocycles. The predicted molar refractivity (Wildman–Crippen MR) is 73.6 cm³/mol. The number of unbranched alkanes of at least 4 members (excludes halogenated alkanes) is 1. The van der Waals surface area contributed by atoms with Gasteiger partial charge in [-0.15, -0.1) is 0 Å². The van der Waals surface area contributed by atoms with Crippen molar-refractivity contribution < 1.29 is 14.3 Å². The zero-order valence-corrected chi connectivity index (χ0v) is 11.3. The second-order valence-electron chi connectivity index (χ2n) is 4.32. The lowest BCUT2D eigenvalue weighted by molar-refractivity contribution is -0.143. The van der Waals surface area contributed by atoms with E-state index in [0.29, 0.717) is 17.7 Å². The SMILES string of the molecule is CCCC[C@@H](NC(=O)c1cccc(N)c1)C(=O)OC. The molecule has 1 atom stereocenters. The van der Waals surface area contributed by atoms with Crippen LogP contribution < -0.4 is 11.1 Å². The van der Waals surface area contributed by atoms with Gasteiger partial charge in [-0.1, -0.05) is 25.8 Å². The molecule has 0 bridgehead atoms. The standard InChI is InChI=1S/C14H20N2O3/c1-3-4-8-12(14(18)19-2)16-13(17)10-6-5-7-11(15)9-10/h5-7,9,12H,3-4,8,15H2,1-2H3,(H,16,17)/t12-/m1/s1. The molecule has 0 aliphatic carbocycles. The summed E-state index contributed by atoms with van der Waals surface area (Å²) in [5, 5.41) is 2.68. The van der Waals surface area contributed by atoms with E-state index in [2.05, 4.69) is 5.32 Å². The van der Waals surface area contributed by atoms with Crippen LogP contribution >= 0.6 is 0 Å². The summed E-state index contributed by atoms with van der Waals surface area (Å²) in [6.45, 7) is 2.02. The quantitative estimate of drug-likeness (QED) is 0.605. The van der Waals surface area contributed by atoms with Crippen molar-refractivity contribution in [1.29, 1.82) is 0 Å². The number of nitrogens with two attached hydrogens (primary N) is 1. The highest BCUT2D eigenvalue weighted by Gasteiger charge is 2.21. The predicted octanol–water partition coefficient (Wildman–Crippen LogP) is 1.73. The molecule has 0 radical (unpaired) electrons. The van der Waals surface area contributed by atoms with E-state index in [-0.39, 0.29) is 5.91 Å². The molecule has 1 amide bonds. The number of hydrogen-bond acceptors (Lipinski definition) is 4. The van der Waals surface area contributed by atoms with Crippen LogP contribution in [0.5, 0.6) is 0 Å². The number of amides is 1. The zero-order chi connectivity index (χ0) is 14.3. The molecule has 0 spiro atoms. The lowest BCUT2D eigenvalue weighted by Crippen LogP contribution is -2.41. The monoisotopic (exact) mass is 264 g/mol. The van der Waals surface area contributed by atoms with E-state index in [1.807, 2.05) is 6.92 Å². The minimum absolute atomic E-state index is 0.321. The topological polar surface area (TPSA) is 81.4 Å². The minimum Gasteiger partial charge on any atom is -0.467 e. The number of hydrogen-bond donors (Lipinski definition) is 2. The van der Waals surface area contributed by atoms with Crippen molar-refractivity contribution in [1.82, 2.24) is 5.32 Å². The van der Waals surface area contributed by atoms with Gasteiger partial charge in [-0.2, -0.15) is 0 Å². The first-order valence-electron chi connectivity index (χ1n) is 6.32. The molecule has 0 saturated heterocycles. The molecule has 5 heteroatoms. The molecule has 5 nitrogen and oxygen atoms in total. The Bertz CT molecular complexity index is 446. The Hall–Kier alpha value is -2.04. The smallest absolute Gasteiger partial charge is 0.328 e. The van der Waals surface area contributed by atoms with Crippen molar-refractivity contribution in [3.63, 3.8) is 0 Å². The fourth-order valence-corrected chi connectivity index (χ4v) is 1.72. The number of rotatable bonds is 6. The van der Waals surface area contributed by atoms with Gasteiger partial charge in [-0.05, 0) is 24.6 Å². The van der Waals surface area contributed by atoms with E-state index in [1.54, 1.807) is 24.3 Å². The van der Waals surface area contributed by atoms with Gasteiger partial charge in [0.25, 0.3) is 5.91 Å². The average molecular weight is 264 g/mol. The molecule has 104 valence electrons. The van der Waals surface area contributed by atoms with Gasteiger partial charge in [0.15, 0.2) is 0 Å². The Kier molecular flexibility index (Phi) is 5.85. The van der Waals surface area contributed by atoms with Gasteiger partial charge >= 0.3 is 5.97 Å². The third-order valence-corrected chi connectivity index (χ3v) is 2.79. The van der Waals surface area contributed by atoms with E-state index in [0.717, 1.165) is 12.8 Å². The molecule has 19 heavy (non-hydrogen) atoms. The van der Waals surface area contributed by atoms with E-state index in [9.17, 15) is 9.59 Å². The second-order valence-corrected chi connectivity index (χ2v) is 4.32. The number of nitrogen functional groups attached to an aromatic ring is 1. The molecule has 0 aliphatic rings. The third kappa shape index (κ3) is 4.62. The minimum atomic E-state index is -0.612. The highest BCUT2D eigenvalue weighted by Crippen LogP contribution is 2.08. The maximum atomic E-state index is 12.0. The molecule has 1 rings (SSSR count). The van der Waals surface area contributed by atoms with Gasteiger partial charge in [0.05, 0.1) is 7.11 Å². The highest BCUT2D eigenvalue weighted by atomic mass is 16.5. The van der Waals surface area contributed by atoms with Crippen LogP contribution in [0.25, 0.3) is 0 Å². The summed E-state index contributed by atoms with van der Waals surface area (Å²) in [5.74, 6) is -0.746. The van der Waals surface area contributed by atoms with Crippen LogP contribution in [0.3, 0.4) is 0 Å². The molecule has 3 N–H and O–H groups in total. The molecule has 0 aromatic heterocycles. The number of anilines is 1. The number of esters is 1. The highest BCUT2D eigenvalue weighted by molar-refractivity contribution is 5.97. The average Bonchev–Trinajstić information content (AvgIpc) is 2.42. The summed E-state index contributed by atoms with van der Waals surface area (Å²) in [6, 6.07) is 6.01. The number of methoxy groups -OCH3 is 1. The maximum absolute atomic E-state index is 12.0. The molecular formula is C14H20N2O3. The van der Waals surface area contributed by atoms with Gasteiger partial charge in [0.2, 0.25) is 0 Å². The van der Waals surface area contributed by atoms with Crippen molar-refractivity contribution in [3.05, 3.63) is 29.8 Å². The van der Waals surface area contributed by atoms with E-state index < -0.39 is 12.0 Å². The third-order valence-electron chi connectivity index (χ3n) is 2.79.